The number of rotatable bonds is 3. The van der Waals surface area contributed by atoms with E-state index in [9.17, 15) is 4.79 Å². The van der Waals surface area contributed by atoms with Gasteiger partial charge in [0.15, 0.2) is 0 Å². The smallest absolute Gasteiger partial charge is 0.227 e. The third-order valence-electron chi connectivity index (χ3n) is 5.57. The van der Waals surface area contributed by atoms with E-state index in [2.05, 4.69) is 35.3 Å². The van der Waals surface area contributed by atoms with Gasteiger partial charge in [-0.25, -0.2) is 0 Å². The lowest BCUT2D eigenvalue weighted by atomic mass is 9.92. The van der Waals surface area contributed by atoms with Crippen LogP contribution >= 0.6 is 0 Å². The number of hydrogen-bond donors (Lipinski definition) is 1. The van der Waals surface area contributed by atoms with Crippen molar-refractivity contribution in [1.29, 1.82) is 0 Å². The average molecular weight is 323 g/mol. The Morgan fingerprint density at radius 1 is 1.29 bits per heavy atom. The maximum Gasteiger partial charge on any atom is 0.227 e. The molecule has 2 aromatic rings. The molecule has 24 heavy (non-hydrogen) atoms. The number of H-pyrrole nitrogens is 1. The Morgan fingerprint density at radius 2 is 2.17 bits per heavy atom. The standard InChI is InChI=1S/C20H25N3O/c1-14-12-21-22-20(14)18-6-3-9-23(13-18)19(24)11-15-7-8-16-4-2-5-17(16)10-15/h7-8,10,12,18H,2-6,9,11,13H2,1H3,(H,21,22)/t18-/m0/s1. The van der Waals surface area contributed by atoms with Gasteiger partial charge in [0.2, 0.25) is 5.91 Å². The van der Waals surface area contributed by atoms with Crippen molar-refractivity contribution in [3.05, 3.63) is 52.3 Å². The van der Waals surface area contributed by atoms with Crippen LogP contribution < -0.4 is 0 Å². The largest absolute Gasteiger partial charge is 0.342 e. The molecule has 0 bridgehead atoms. The number of likely N-dealkylation sites (tertiary alicyclic amines) is 1. The van der Waals surface area contributed by atoms with Crippen molar-refractivity contribution in [3.63, 3.8) is 0 Å². The van der Waals surface area contributed by atoms with Crippen molar-refractivity contribution >= 4 is 5.91 Å². The number of nitrogens with zero attached hydrogens (tertiary/aromatic N) is 2. The quantitative estimate of drug-likeness (QED) is 0.943. The average Bonchev–Trinajstić information content (AvgIpc) is 3.23. The highest BCUT2D eigenvalue weighted by Gasteiger charge is 2.26. The van der Waals surface area contributed by atoms with Gasteiger partial charge in [0.25, 0.3) is 0 Å². The molecule has 1 saturated heterocycles. The summed E-state index contributed by atoms with van der Waals surface area (Å²) < 4.78 is 0. The third-order valence-corrected chi connectivity index (χ3v) is 5.57. The van der Waals surface area contributed by atoms with E-state index in [0.717, 1.165) is 25.9 Å². The summed E-state index contributed by atoms with van der Waals surface area (Å²) in [5.41, 5.74) is 6.49. The monoisotopic (exact) mass is 323 g/mol. The van der Waals surface area contributed by atoms with Gasteiger partial charge < -0.3 is 4.90 Å². The van der Waals surface area contributed by atoms with Gasteiger partial charge >= 0.3 is 0 Å². The molecular formula is C20H25N3O. The molecule has 0 radical (unpaired) electrons. The molecule has 2 aliphatic rings. The zero-order valence-corrected chi connectivity index (χ0v) is 14.3. The number of aromatic nitrogens is 2. The maximum atomic E-state index is 12.8. The fraction of sp³-hybridized carbons (Fsp3) is 0.500. The normalized spacial score (nSPS) is 20.2. The molecule has 1 fully saturated rings. The predicted octanol–water partition coefficient (Wildman–Crippen LogP) is 3.16. The van der Waals surface area contributed by atoms with Crippen molar-refractivity contribution in [2.75, 3.05) is 13.1 Å². The molecular weight excluding hydrogens is 298 g/mol. The molecule has 1 N–H and O–H groups in total. The zero-order chi connectivity index (χ0) is 16.5. The SMILES string of the molecule is Cc1cn[nH]c1[C@H]1CCCN(C(=O)Cc2ccc3c(c2)CCC3)C1. The Hall–Kier alpha value is -2.10. The molecule has 1 amide bonds. The van der Waals surface area contributed by atoms with Gasteiger partial charge in [-0.1, -0.05) is 18.2 Å². The van der Waals surface area contributed by atoms with Gasteiger partial charge in [0.05, 0.1) is 12.6 Å². The number of aryl methyl sites for hydroxylation is 3. The highest BCUT2D eigenvalue weighted by Crippen LogP contribution is 2.28. The van der Waals surface area contributed by atoms with E-state index in [1.807, 2.05) is 11.1 Å². The number of carbonyl (C=O) groups is 1. The first-order valence-electron chi connectivity index (χ1n) is 9.09. The molecule has 0 spiro atoms. The van der Waals surface area contributed by atoms with Gasteiger partial charge in [-0.05, 0) is 61.3 Å². The Morgan fingerprint density at radius 3 is 3.00 bits per heavy atom. The summed E-state index contributed by atoms with van der Waals surface area (Å²) in [6.07, 6.45) is 8.22. The van der Waals surface area contributed by atoms with Crippen LogP contribution in [0.25, 0.3) is 0 Å². The maximum absolute atomic E-state index is 12.8. The third kappa shape index (κ3) is 2.97. The van der Waals surface area contributed by atoms with Crippen LogP contribution in [-0.2, 0) is 24.1 Å². The van der Waals surface area contributed by atoms with Crippen LogP contribution in [0.3, 0.4) is 0 Å². The van der Waals surface area contributed by atoms with Crippen LogP contribution in [0.2, 0.25) is 0 Å². The van der Waals surface area contributed by atoms with Crippen LogP contribution in [0, 0.1) is 6.92 Å². The van der Waals surface area contributed by atoms with Crippen molar-refractivity contribution in [1.82, 2.24) is 15.1 Å². The summed E-state index contributed by atoms with van der Waals surface area (Å²) in [5, 5.41) is 7.26. The molecule has 1 aromatic heterocycles. The summed E-state index contributed by atoms with van der Waals surface area (Å²) >= 11 is 0. The van der Waals surface area contributed by atoms with Crippen LogP contribution in [0.4, 0.5) is 0 Å². The second-order valence-electron chi connectivity index (χ2n) is 7.28. The molecule has 1 aliphatic heterocycles. The first-order valence-corrected chi connectivity index (χ1v) is 9.09. The summed E-state index contributed by atoms with van der Waals surface area (Å²) in [6.45, 7) is 3.78. The first kappa shape index (κ1) is 15.4. The fourth-order valence-corrected chi connectivity index (χ4v) is 4.23. The van der Waals surface area contributed by atoms with E-state index >= 15 is 0 Å². The second-order valence-corrected chi connectivity index (χ2v) is 7.28. The number of fused-ring (bicyclic) bond motifs is 1. The van der Waals surface area contributed by atoms with Gasteiger partial charge in [0.1, 0.15) is 0 Å². The van der Waals surface area contributed by atoms with Crippen molar-refractivity contribution in [3.8, 4) is 0 Å². The molecule has 4 nitrogen and oxygen atoms in total. The molecule has 1 aromatic carbocycles. The van der Waals surface area contributed by atoms with Crippen LogP contribution in [0.5, 0.6) is 0 Å². The van der Waals surface area contributed by atoms with Gasteiger partial charge in [-0.3, -0.25) is 9.89 Å². The second kappa shape index (κ2) is 6.42. The highest BCUT2D eigenvalue weighted by atomic mass is 16.2. The van der Waals surface area contributed by atoms with E-state index in [-0.39, 0.29) is 5.91 Å². The van der Waals surface area contributed by atoms with E-state index in [1.54, 1.807) is 0 Å². The number of aromatic amines is 1. The fourth-order valence-electron chi connectivity index (χ4n) is 4.23. The van der Waals surface area contributed by atoms with Gasteiger partial charge in [0, 0.05) is 24.7 Å². The van der Waals surface area contributed by atoms with E-state index in [1.165, 1.54) is 47.2 Å². The zero-order valence-electron chi connectivity index (χ0n) is 14.3. The molecule has 1 aliphatic carbocycles. The van der Waals surface area contributed by atoms with E-state index in [4.69, 9.17) is 0 Å². The van der Waals surface area contributed by atoms with Gasteiger partial charge in [-0.15, -0.1) is 0 Å². The van der Waals surface area contributed by atoms with Crippen molar-refractivity contribution < 1.29 is 4.79 Å². The predicted molar refractivity (Wildman–Crippen MR) is 94.1 cm³/mol. The molecule has 2 heterocycles. The lowest BCUT2D eigenvalue weighted by molar-refractivity contribution is -0.131. The Labute approximate surface area is 143 Å². The molecule has 4 heteroatoms. The topological polar surface area (TPSA) is 49.0 Å². The van der Waals surface area contributed by atoms with Crippen LogP contribution in [-0.4, -0.2) is 34.1 Å². The number of carbonyl (C=O) groups excluding carboxylic acids is 1. The van der Waals surface area contributed by atoms with Crippen LogP contribution in [0.1, 0.15) is 53.1 Å². The first-order chi connectivity index (χ1) is 11.7. The minimum absolute atomic E-state index is 0.259. The molecule has 1 atom stereocenters. The highest BCUT2D eigenvalue weighted by molar-refractivity contribution is 5.79. The number of nitrogens with one attached hydrogen (secondary N) is 1. The summed E-state index contributed by atoms with van der Waals surface area (Å²) in [6, 6.07) is 6.61. The number of hydrogen-bond acceptors (Lipinski definition) is 2. The summed E-state index contributed by atoms with van der Waals surface area (Å²) in [5.74, 6) is 0.653. The van der Waals surface area contributed by atoms with E-state index in [0.29, 0.717) is 12.3 Å². The number of piperidine rings is 1. The van der Waals surface area contributed by atoms with Crippen molar-refractivity contribution in [2.24, 2.45) is 0 Å². The van der Waals surface area contributed by atoms with Crippen molar-refractivity contribution in [2.45, 2.75) is 51.4 Å². The lowest BCUT2D eigenvalue weighted by Gasteiger charge is -2.32. The Kier molecular flexibility index (Phi) is 4.13. The summed E-state index contributed by atoms with van der Waals surface area (Å²) in [7, 11) is 0. The number of benzene rings is 1. The Balaban J connectivity index is 1.43. The molecule has 0 saturated carbocycles. The molecule has 0 unspecified atom stereocenters. The number of amides is 1. The van der Waals surface area contributed by atoms with Gasteiger partial charge in [-0.2, -0.15) is 5.10 Å². The summed E-state index contributed by atoms with van der Waals surface area (Å²) in [4.78, 5) is 14.8. The lowest BCUT2D eigenvalue weighted by Crippen LogP contribution is -2.40. The van der Waals surface area contributed by atoms with Crippen LogP contribution in [0.15, 0.2) is 24.4 Å². The minimum atomic E-state index is 0.259. The molecule has 126 valence electrons. The molecule has 4 rings (SSSR count). The van der Waals surface area contributed by atoms with E-state index < -0.39 is 0 Å². The minimum Gasteiger partial charge on any atom is -0.342 e. The Bertz CT molecular complexity index is 749.